The van der Waals surface area contributed by atoms with Crippen LogP contribution in [0.2, 0.25) is 10.0 Å². The topological polar surface area (TPSA) is 12.0 Å². The maximum absolute atomic E-state index is 6.11. The van der Waals surface area contributed by atoms with E-state index in [1.165, 1.54) is 31.2 Å². The van der Waals surface area contributed by atoms with Crippen molar-refractivity contribution < 1.29 is 0 Å². The molecule has 1 fully saturated rings. The van der Waals surface area contributed by atoms with Gasteiger partial charge in [0.25, 0.3) is 0 Å². The standard InChI is InChI=1S/C16H23Cl2N/c1-3-8-16(2,11-19-13-5-6-13)10-12-4-7-14(17)15(18)9-12/h4,7,9,13,19H,3,5-6,8,10-11H2,1-2H3. The monoisotopic (exact) mass is 299 g/mol. The van der Waals surface area contributed by atoms with Crippen LogP contribution in [0.4, 0.5) is 0 Å². The Bertz CT molecular complexity index is 429. The lowest BCUT2D eigenvalue weighted by Crippen LogP contribution is -2.34. The zero-order valence-electron chi connectivity index (χ0n) is 11.8. The normalized spacial score (nSPS) is 18.3. The van der Waals surface area contributed by atoms with Crippen LogP contribution in [0, 0.1) is 5.41 Å². The van der Waals surface area contributed by atoms with Crippen molar-refractivity contribution in [2.75, 3.05) is 6.54 Å². The average Bonchev–Trinajstić information content (AvgIpc) is 3.16. The lowest BCUT2D eigenvalue weighted by molar-refractivity contribution is 0.274. The molecule has 0 heterocycles. The zero-order chi connectivity index (χ0) is 13.9. The summed E-state index contributed by atoms with van der Waals surface area (Å²) in [5.41, 5.74) is 1.58. The molecule has 106 valence electrons. The summed E-state index contributed by atoms with van der Waals surface area (Å²) in [6.07, 6.45) is 6.18. The molecule has 0 aromatic heterocycles. The third-order valence-electron chi connectivity index (χ3n) is 3.86. The lowest BCUT2D eigenvalue weighted by atomic mass is 9.79. The third-order valence-corrected chi connectivity index (χ3v) is 4.60. The largest absolute Gasteiger partial charge is 0.313 e. The van der Waals surface area contributed by atoms with Crippen molar-refractivity contribution in [3.63, 3.8) is 0 Å². The van der Waals surface area contributed by atoms with E-state index in [1.54, 1.807) is 0 Å². The predicted octanol–water partition coefficient (Wildman–Crippen LogP) is 5.09. The Hall–Kier alpha value is -0.240. The Kier molecular flexibility index (Phi) is 5.16. The molecule has 1 aliphatic rings. The summed E-state index contributed by atoms with van der Waals surface area (Å²) in [5, 5.41) is 4.97. The summed E-state index contributed by atoms with van der Waals surface area (Å²) >= 11 is 12.1. The van der Waals surface area contributed by atoms with Crippen LogP contribution in [-0.4, -0.2) is 12.6 Å². The molecule has 1 N–H and O–H groups in total. The molecule has 0 bridgehead atoms. The highest BCUT2D eigenvalue weighted by atomic mass is 35.5. The van der Waals surface area contributed by atoms with E-state index in [0.717, 1.165) is 19.0 Å². The maximum Gasteiger partial charge on any atom is 0.0595 e. The molecule has 1 aliphatic carbocycles. The minimum Gasteiger partial charge on any atom is -0.313 e. The van der Waals surface area contributed by atoms with Gasteiger partial charge in [0.05, 0.1) is 10.0 Å². The molecule has 3 heteroatoms. The molecule has 0 amide bonds. The maximum atomic E-state index is 6.11. The third kappa shape index (κ3) is 4.66. The van der Waals surface area contributed by atoms with Crippen LogP contribution in [0.15, 0.2) is 18.2 Å². The van der Waals surface area contributed by atoms with E-state index in [1.807, 2.05) is 12.1 Å². The van der Waals surface area contributed by atoms with Gasteiger partial charge < -0.3 is 5.32 Å². The number of hydrogen-bond acceptors (Lipinski definition) is 1. The van der Waals surface area contributed by atoms with Gasteiger partial charge in [-0.25, -0.2) is 0 Å². The Morgan fingerprint density at radius 1 is 1.26 bits per heavy atom. The molecular formula is C16H23Cl2N. The Labute approximate surface area is 126 Å². The summed E-state index contributed by atoms with van der Waals surface area (Å²) < 4.78 is 0. The van der Waals surface area contributed by atoms with Crippen molar-refractivity contribution >= 4 is 23.2 Å². The van der Waals surface area contributed by atoms with E-state index < -0.39 is 0 Å². The van der Waals surface area contributed by atoms with Crippen molar-refractivity contribution in [1.82, 2.24) is 5.32 Å². The van der Waals surface area contributed by atoms with Gasteiger partial charge in [-0.2, -0.15) is 0 Å². The summed E-state index contributed by atoms with van der Waals surface area (Å²) in [6.45, 7) is 5.71. The summed E-state index contributed by atoms with van der Waals surface area (Å²) in [4.78, 5) is 0. The second-order valence-corrected chi connectivity index (χ2v) is 6.96. The molecule has 19 heavy (non-hydrogen) atoms. The Balaban J connectivity index is 2.02. The second kappa shape index (κ2) is 6.47. The molecule has 0 saturated heterocycles. The predicted molar refractivity (Wildman–Crippen MR) is 84.2 cm³/mol. The fourth-order valence-corrected chi connectivity index (χ4v) is 2.98. The van der Waals surface area contributed by atoms with Gasteiger partial charge >= 0.3 is 0 Å². The van der Waals surface area contributed by atoms with Crippen LogP contribution < -0.4 is 5.32 Å². The fourth-order valence-electron chi connectivity index (χ4n) is 2.66. The van der Waals surface area contributed by atoms with Crippen molar-refractivity contribution in [2.24, 2.45) is 5.41 Å². The van der Waals surface area contributed by atoms with Gasteiger partial charge in [0.1, 0.15) is 0 Å². The molecule has 0 spiro atoms. The first kappa shape index (κ1) is 15.2. The summed E-state index contributed by atoms with van der Waals surface area (Å²) in [6, 6.07) is 6.78. The number of benzene rings is 1. The Morgan fingerprint density at radius 2 is 2.00 bits per heavy atom. The van der Waals surface area contributed by atoms with Crippen LogP contribution in [-0.2, 0) is 6.42 Å². The molecule has 0 aliphatic heterocycles. The van der Waals surface area contributed by atoms with Crippen LogP contribution >= 0.6 is 23.2 Å². The molecule has 1 unspecified atom stereocenters. The quantitative estimate of drug-likeness (QED) is 0.739. The van der Waals surface area contributed by atoms with Crippen molar-refractivity contribution in [1.29, 1.82) is 0 Å². The van der Waals surface area contributed by atoms with E-state index in [-0.39, 0.29) is 0 Å². The van der Waals surface area contributed by atoms with Crippen LogP contribution in [0.5, 0.6) is 0 Å². The highest BCUT2D eigenvalue weighted by Gasteiger charge is 2.28. The lowest BCUT2D eigenvalue weighted by Gasteiger charge is -2.30. The average molecular weight is 300 g/mol. The molecule has 1 aromatic carbocycles. The van der Waals surface area contributed by atoms with E-state index in [2.05, 4.69) is 25.2 Å². The number of rotatable bonds is 7. The van der Waals surface area contributed by atoms with E-state index in [4.69, 9.17) is 23.2 Å². The highest BCUT2D eigenvalue weighted by Crippen LogP contribution is 2.31. The van der Waals surface area contributed by atoms with E-state index in [0.29, 0.717) is 15.5 Å². The summed E-state index contributed by atoms with van der Waals surface area (Å²) in [5.74, 6) is 0. The minimum atomic E-state index is 0.300. The molecule has 1 nitrogen and oxygen atoms in total. The number of halogens is 2. The molecular weight excluding hydrogens is 277 g/mol. The van der Waals surface area contributed by atoms with Crippen molar-refractivity contribution in [3.05, 3.63) is 33.8 Å². The van der Waals surface area contributed by atoms with Gasteiger partial charge in [-0.15, -0.1) is 0 Å². The van der Waals surface area contributed by atoms with Crippen molar-refractivity contribution in [2.45, 2.75) is 52.0 Å². The molecule has 1 saturated carbocycles. The van der Waals surface area contributed by atoms with E-state index >= 15 is 0 Å². The van der Waals surface area contributed by atoms with Crippen LogP contribution in [0.25, 0.3) is 0 Å². The van der Waals surface area contributed by atoms with Gasteiger partial charge in [0.2, 0.25) is 0 Å². The second-order valence-electron chi connectivity index (χ2n) is 6.14. The highest BCUT2D eigenvalue weighted by molar-refractivity contribution is 6.42. The smallest absolute Gasteiger partial charge is 0.0595 e. The summed E-state index contributed by atoms with van der Waals surface area (Å²) in [7, 11) is 0. The van der Waals surface area contributed by atoms with E-state index in [9.17, 15) is 0 Å². The minimum absolute atomic E-state index is 0.300. The zero-order valence-corrected chi connectivity index (χ0v) is 13.3. The van der Waals surface area contributed by atoms with Gasteiger partial charge in [-0.05, 0) is 48.8 Å². The SMILES string of the molecule is CCCC(C)(CNC1CC1)Cc1ccc(Cl)c(Cl)c1. The first-order chi connectivity index (χ1) is 9.02. The molecule has 1 aromatic rings. The van der Waals surface area contributed by atoms with Gasteiger partial charge in [0, 0.05) is 12.6 Å². The number of nitrogens with one attached hydrogen (secondary N) is 1. The Morgan fingerprint density at radius 3 is 2.58 bits per heavy atom. The van der Waals surface area contributed by atoms with Gasteiger partial charge in [-0.3, -0.25) is 0 Å². The van der Waals surface area contributed by atoms with Crippen molar-refractivity contribution in [3.8, 4) is 0 Å². The van der Waals surface area contributed by atoms with Crippen LogP contribution in [0.3, 0.4) is 0 Å². The number of hydrogen-bond donors (Lipinski definition) is 1. The first-order valence-corrected chi connectivity index (χ1v) is 7.95. The molecule has 2 rings (SSSR count). The molecule has 0 radical (unpaired) electrons. The van der Waals surface area contributed by atoms with Gasteiger partial charge in [0.15, 0.2) is 0 Å². The first-order valence-electron chi connectivity index (χ1n) is 7.20. The molecule has 1 atom stereocenters. The van der Waals surface area contributed by atoms with Gasteiger partial charge in [-0.1, -0.05) is 49.5 Å². The fraction of sp³-hybridized carbons (Fsp3) is 0.625. The van der Waals surface area contributed by atoms with Crippen LogP contribution in [0.1, 0.15) is 45.1 Å².